The molecule has 38 heavy (non-hydrogen) atoms. The number of rotatable bonds is 8. The van der Waals surface area contributed by atoms with Gasteiger partial charge in [0, 0.05) is 62.6 Å². The zero-order valence-corrected chi connectivity index (χ0v) is 22.4. The van der Waals surface area contributed by atoms with Gasteiger partial charge in [0.2, 0.25) is 5.95 Å². The molecular formula is C28H34F2N8. The summed E-state index contributed by atoms with van der Waals surface area (Å²) in [5, 5.41) is 8.07. The molecule has 0 amide bonds. The first-order valence-corrected chi connectivity index (χ1v) is 13.2. The number of hydrogen-bond donors (Lipinski definition) is 1. The predicted octanol–water partition coefficient (Wildman–Crippen LogP) is 5.10. The zero-order chi connectivity index (χ0) is 26.8. The van der Waals surface area contributed by atoms with E-state index in [4.69, 9.17) is 0 Å². The summed E-state index contributed by atoms with van der Waals surface area (Å²) in [5.74, 6) is -0.235. The van der Waals surface area contributed by atoms with Crippen molar-refractivity contribution in [3.05, 3.63) is 59.6 Å². The Hall–Kier alpha value is -3.50. The largest absolute Gasteiger partial charge is 0.309 e. The van der Waals surface area contributed by atoms with E-state index in [1.807, 2.05) is 18.3 Å². The first-order chi connectivity index (χ1) is 18.4. The molecule has 4 aromatic rings. The van der Waals surface area contributed by atoms with Gasteiger partial charge in [0.1, 0.15) is 17.0 Å². The standard InChI is InChI=1S/C28H34F2N8/c1-5-18(3)27-21-13-20(14-22(29)26(21)35-36(27)4)25-23(30)16-32-28(34-25)33-24-8-7-19(15-31-24)17-38-11-9-37(6-2)10-12-38/h7-8,13-16,18H,5-6,9-12,17H2,1-4H3,(H,31,32,33,34). The number of nitrogens with zero attached hydrogens (tertiary/aromatic N) is 7. The van der Waals surface area contributed by atoms with Crippen molar-refractivity contribution < 1.29 is 8.78 Å². The Morgan fingerprint density at radius 2 is 1.74 bits per heavy atom. The minimum Gasteiger partial charge on any atom is -0.309 e. The molecule has 0 radical (unpaired) electrons. The second-order valence-corrected chi connectivity index (χ2v) is 9.95. The van der Waals surface area contributed by atoms with E-state index in [1.165, 1.54) is 6.07 Å². The summed E-state index contributed by atoms with van der Waals surface area (Å²) in [6.45, 7) is 12.5. The highest BCUT2D eigenvalue weighted by Crippen LogP contribution is 2.33. The van der Waals surface area contributed by atoms with E-state index in [1.54, 1.807) is 17.8 Å². The van der Waals surface area contributed by atoms with Crippen molar-refractivity contribution in [2.45, 2.75) is 39.7 Å². The fourth-order valence-corrected chi connectivity index (χ4v) is 5.05. The molecule has 0 spiro atoms. The van der Waals surface area contributed by atoms with Gasteiger partial charge in [0.05, 0.1) is 6.20 Å². The van der Waals surface area contributed by atoms with Gasteiger partial charge in [-0.05, 0) is 42.6 Å². The van der Waals surface area contributed by atoms with Crippen LogP contribution in [0.25, 0.3) is 22.2 Å². The smallest absolute Gasteiger partial charge is 0.229 e. The molecule has 200 valence electrons. The number of piperazine rings is 1. The lowest BCUT2D eigenvalue weighted by Crippen LogP contribution is -2.45. The number of nitrogens with one attached hydrogen (secondary N) is 1. The Balaban J connectivity index is 1.35. The number of benzene rings is 1. The average molecular weight is 521 g/mol. The van der Waals surface area contributed by atoms with Crippen molar-refractivity contribution in [2.75, 3.05) is 38.0 Å². The van der Waals surface area contributed by atoms with Gasteiger partial charge in [0.15, 0.2) is 11.6 Å². The van der Waals surface area contributed by atoms with Gasteiger partial charge in [0.25, 0.3) is 0 Å². The van der Waals surface area contributed by atoms with Crippen LogP contribution in [0.3, 0.4) is 0 Å². The quantitative estimate of drug-likeness (QED) is 0.347. The fraction of sp³-hybridized carbons (Fsp3) is 0.429. The van der Waals surface area contributed by atoms with Crippen molar-refractivity contribution in [1.29, 1.82) is 0 Å². The Labute approximate surface area is 221 Å². The monoisotopic (exact) mass is 520 g/mol. The van der Waals surface area contributed by atoms with Crippen molar-refractivity contribution in [1.82, 2.24) is 34.5 Å². The Morgan fingerprint density at radius 3 is 2.42 bits per heavy atom. The molecule has 1 aliphatic heterocycles. The second kappa shape index (κ2) is 11.1. The molecule has 1 aromatic carbocycles. The molecule has 0 saturated carbocycles. The topological polar surface area (TPSA) is 75.0 Å². The molecule has 0 aliphatic carbocycles. The van der Waals surface area contributed by atoms with Crippen LogP contribution in [-0.2, 0) is 13.6 Å². The SMILES string of the molecule is CCC(C)c1c2cc(-c3nc(Nc4ccc(CN5CCN(CC)CC5)cn4)ncc3F)cc(F)c2nn1C. The number of aryl methyl sites for hydroxylation is 1. The van der Waals surface area contributed by atoms with E-state index in [-0.39, 0.29) is 23.1 Å². The summed E-state index contributed by atoms with van der Waals surface area (Å²) in [7, 11) is 1.80. The summed E-state index contributed by atoms with van der Waals surface area (Å²) >= 11 is 0. The van der Waals surface area contributed by atoms with E-state index in [9.17, 15) is 4.39 Å². The second-order valence-electron chi connectivity index (χ2n) is 9.95. The van der Waals surface area contributed by atoms with Gasteiger partial charge in [-0.15, -0.1) is 0 Å². The Kier molecular flexibility index (Phi) is 7.62. The lowest BCUT2D eigenvalue weighted by molar-refractivity contribution is 0.132. The van der Waals surface area contributed by atoms with Gasteiger partial charge >= 0.3 is 0 Å². The third kappa shape index (κ3) is 5.37. The maximum absolute atomic E-state index is 15.0. The van der Waals surface area contributed by atoms with Crippen LogP contribution in [0.15, 0.2) is 36.7 Å². The van der Waals surface area contributed by atoms with Crippen LogP contribution in [0.2, 0.25) is 0 Å². The van der Waals surface area contributed by atoms with Crippen LogP contribution < -0.4 is 5.32 Å². The Bertz CT molecular complexity index is 1410. The molecule has 1 fully saturated rings. The highest BCUT2D eigenvalue weighted by Gasteiger charge is 2.20. The highest BCUT2D eigenvalue weighted by molar-refractivity contribution is 5.87. The van der Waals surface area contributed by atoms with E-state index in [2.05, 4.69) is 55.9 Å². The summed E-state index contributed by atoms with van der Waals surface area (Å²) in [6, 6.07) is 6.92. The molecule has 1 unspecified atom stereocenters. The fourth-order valence-electron chi connectivity index (χ4n) is 5.05. The van der Waals surface area contributed by atoms with Crippen molar-refractivity contribution in [3.8, 4) is 11.3 Å². The van der Waals surface area contributed by atoms with Gasteiger partial charge < -0.3 is 10.2 Å². The molecule has 5 rings (SSSR count). The van der Waals surface area contributed by atoms with Crippen molar-refractivity contribution in [2.24, 2.45) is 7.05 Å². The van der Waals surface area contributed by atoms with E-state index >= 15 is 4.39 Å². The van der Waals surface area contributed by atoms with Crippen LogP contribution >= 0.6 is 0 Å². The van der Waals surface area contributed by atoms with Crippen LogP contribution in [0.1, 0.15) is 44.4 Å². The van der Waals surface area contributed by atoms with Gasteiger partial charge in [-0.25, -0.2) is 23.7 Å². The maximum atomic E-state index is 15.0. The predicted molar refractivity (Wildman–Crippen MR) is 145 cm³/mol. The molecular weight excluding hydrogens is 486 g/mol. The summed E-state index contributed by atoms with van der Waals surface area (Å²) in [5.41, 5.74) is 2.66. The average Bonchev–Trinajstić information content (AvgIpc) is 3.27. The van der Waals surface area contributed by atoms with Crippen LogP contribution in [0, 0.1) is 11.6 Å². The number of aromatic nitrogens is 5. The van der Waals surface area contributed by atoms with E-state index < -0.39 is 11.6 Å². The third-order valence-corrected chi connectivity index (χ3v) is 7.42. The molecule has 4 heterocycles. The minimum atomic E-state index is -0.630. The van der Waals surface area contributed by atoms with Crippen LogP contribution in [-0.4, -0.2) is 67.3 Å². The van der Waals surface area contributed by atoms with E-state index in [0.717, 1.165) is 63.1 Å². The van der Waals surface area contributed by atoms with Crippen molar-refractivity contribution >= 4 is 22.7 Å². The summed E-state index contributed by atoms with van der Waals surface area (Å²) < 4.78 is 31.6. The van der Waals surface area contributed by atoms with Crippen LogP contribution in [0.5, 0.6) is 0 Å². The third-order valence-electron chi connectivity index (χ3n) is 7.42. The number of hydrogen-bond acceptors (Lipinski definition) is 7. The number of anilines is 2. The molecule has 1 atom stereocenters. The summed E-state index contributed by atoms with van der Waals surface area (Å²) in [6.07, 6.45) is 3.80. The number of fused-ring (bicyclic) bond motifs is 1. The van der Waals surface area contributed by atoms with Gasteiger partial charge in [-0.1, -0.05) is 26.8 Å². The number of halogens is 2. The number of pyridine rings is 1. The first-order valence-electron chi connectivity index (χ1n) is 13.2. The lowest BCUT2D eigenvalue weighted by Gasteiger charge is -2.33. The Morgan fingerprint density at radius 1 is 0.974 bits per heavy atom. The molecule has 1 N–H and O–H groups in total. The molecule has 10 heteroatoms. The van der Waals surface area contributed by atoms with Crippen LogP contribution in [0.4, 0.5) is 20.5 Å². The normalized spacial score (nSPS) is 15.7. The van der Waals surface area contributed by atoms with Gasteiger partial charge in [-0.3, -0.25) is 9.58 Å². The highest BCUT2D eigenvalue weighted by atomic mass is 19.1. The maximum Gasteiger partial charge on any atom is 0.229 e. The zero-order valence-electron chi connectivity index (χ0n) is 22.4. The lowest BCUT2D eigenvalue weighted by atomic mass is 9.99. The minimum absolute atomic E-state index is 0.0186. The number of likely N-dealkylation sites (N-methyl/N-ethyl adjacent to an activating group) is 1. The molecule has 1 aliphatic rings. The molecule has 3 aromatic heterocycles. The molecule has 8 nitrogen and oxygen atoms in total. The van der Waals surface area contributed by atoms with Crippen molar-refractivity contribution in [3.63, 3.8) is 0 Å². The first kappa shape index (κ1) is 26.1. The molecule has 1 saturated heterocycles. The van der Waals surface area contributed by atoms with Gasteiger partial charge in [-0.2, -0.15) is 5.10 Å². The molecule has 0 bridgehead atoms. The summed E-state index contributed by atoms with van der Waals surface area (Å²) in [4.78, 5) is 17.8. The van der Waals surface area contributed by atoms with E-state index in [0.29, 0.717) is 16.8 Å².